The third-order valence-electron chi connectivity index (χ3n) is 7.08. The molecule has 4 heterocycles. The average molecular weight is 530 g/mol. The van der Waals surface area contributed by atoms with E-state index in [4.69, 9.17) is 16.3 Å². The van der Waals surface area contributed by atoms with Crippen molar-refractivity contribution in [3.05, 3.63) is 105 Å². The zero-order chi connectivity index (χ0) is 26.1. The van der Waals surface area contributed by atoms with Crippen LogP contribution in [-0.2, 0) is 35.6 Å². The molecule has 0 spiro atoms. The van der Waals surface area contributed by atoms with Gasteiger partial charge in [0.1, 0.15) is 0 Å². The van der Waals surface area contributed by atoms with Gasteiger partial charge in [-0.25, -0.2) is 4.98 Å². The van der Waals surface area contributed by atoms with Crippen molar-refractivity contribution in [2.24, 2.45) is 0 Å². The van der Waals surface area contributed by atoms with Crippen LogP contribution >= 0.6 is 11.6 Å². The van der Waals surface area contributed by atoms with Crippen LogP contribution in [0.15, 0.2) is 72.3 Å². The molecule has 0 unspecified atom stereocenters. The number of nitrogens with one attached hydrogen (secondary N) is 1. The maximum absolute atomic E-state index is 13.7. The molecule has 0 atom stereocenters. The molecule has 1 amide bonds. The fourth-order valence-electron chi connectivity index (χ4n) is 5.17. The highest BCUT2D eigenvalue weighted by atomic mass is 35.5. The minimum Gasteiger partial charge on any atom is -0.379 e. The highest BCUT2D eigenvalue weighted by Crippen LogP contribution is 2.28. The molecule has 8 nitrogen and oxygen atoms in total. The lowest BCUT2D eigenvalue weighted by molar-refractivity contribution is -0.120. The number of amides is 1. The molecule has 0 radical (unpaired) electrons. The van der Waals surface area contributed by atoms with Gasteiger partial charge in [0.2, 0.25) is 5.91 Å². The molecule has 1 aliphatic heterocycles. The van der Waals surface area contributed by atoms with Crippen molar-refractivity contribution in [2.75, 3.05) is 26.3 Å². The van der Waals surface area contributed by atoms with Crippen LogP contribution in [0.1, 0.15) is 22.3 Å². The van der Waals surface area contributed by atoms with E-state index in [1.54, 1.807) is 30.9 Å². The van der Waals surface area contributed by atoms with Gasteiger partial charge < -0.3 is 19.0 Å². The number of halogens is 1. The fraction of sp³-hybridized carbons (Fsp3) is 0.276. The van der Waals surface area contributed by atoms with E-state index in [0.717, 1.165) is 47.2 Å². The van der Waals surface area contributed by atoms with Gasteiger partial charge in [-0.3, -0.25) is 14.5 Å². The Morgan fingerprint density at radius 2 is 1.76 bits per heavy atom. The number of pyridine rings is 1. The Kier molecular flexibility index (Phi) is 6.84. The van der Waals surface area contributed by atoms with Gasteiger partial charge in [-0.1, -0.05) is 23.7 Å². The first-order valence-electron chi connectivity index (χ1n) is 12.7. The molecule has 1 fully saturated rings. The number of imidazole rings is 1. The number of hydrogen-bond acceptors (Lipinski definition) is 5. The molecule has 5 aromatic rings. The number of morpholine rings is 1. The summed E-state index contributed by atoms with van der Waals surface area (Å²) in [5.74, 6) is -0.200. The minimum absolute atomic E-state index is 0.0100. The quantitative estimate of drug-likeness (QED) is 0.333. The van der Waals surface area contributed by atoms with Crippen LogP contribution in [0.5, 0.6) is 0 Å². The van der Waals surface area contributed by atoms with Crippen LogP contribution in [0.4, 0.5) is 0 Å². The third kappa shape index (κ3) is 5.15. The number of hydrogen-bond donors (Lipinski definition) is 1. The summed E-state index contributed by atoms with van der Waals surface area (Å²) in [5.41, 5.74) is 4.39. The molecular formula is C29H28ClN5O3. The first-order valence-corrected chi connectivity index (χ1v) is 13.1. The van der Waals surface area contributed by atoms with Crippen LogP contribution in [0.25, 0.3) is 16.3 Å². The van der Waals surface area contributed by atoms with Crippen LogP contribution in [0, 0.1) is 0 Å². The van der Waals surface area contributed by atoms with Gasteiger partial charge in [0.05, 0.1) is 38.0 Å². The number of carbonyl (C=O) groups is 1. The molecular weight excluding hydrogens is 502 g/mol. The lowest BCUT2D eigenvalue weighted by atomic mass is 10.0. The standard InChI is InChI=1S/C29H28ClN5O3/c30-24-3-1-20(2-4-24)14-32-27(36)13-22-17-35-18-23(16-34-6-5-31-19-34)25-11-21(12-26(28(25)35)29(22)37)15-33-7-9-38-10-8-33/h1-6,11-12,17-19H,7-10,13-16H2,(H,32,36). The number of benzene rings is 2. The summed E-state index contributed by atoms with van der Waals surface area (Å²) in [6.45, 7) is 4.92. The summed E-state index contributed by atoms with van der Waals surface area (Å²) in [7, 11) is 0. The highest BCUT2D eigenvalue weighted by Gasteiger charge is 2.19. The van der Waals surface area contributed by atoms with Crippen molar-refractivity contribution < 1.29 is 9.53 Å². The summed E-state index contributed by atoms with van der Waals surface area (Å²) in [6, 6.07) is 11.5. The number of carbonyl (C=O) groups excluding carboxylic acids is 1. The van der Waals surface area contributed by atoms with Crippen LogP contribution in [0.3, 0.4) is 0 Å². The maximum atomic E-state index is 13.7. The Bertz CT molecular complexity index is 1620. The average Bonchev–Trinajstić information content (AvgIpc) is 3.56. The van der Waals surface area contributed by atoms with Crippen LogP contribution < -0.4 is 10.7 Å². The molecule has 1 saturated heterocycles. The molecule has 0 saturated carbocycles. The van der Waals surface area contributed by atoms with E-state index in [9.17, 15) is 9.59 Å². The Labute approximate surface area is 224 Å². The van der Waals surface area contributed by atoms with Gasteiger partial charge >= 0.3 is 0 Å². The molecule has 3 aromatic heterocycles. The summed E-state index contributed by atoms with van der Waals surface area (Å²) >= 11 is 5.95. The first-order chi connectivity index (χ1) is 18.5. The topological polar surface area (TPSA) is 80.9 Å². The molecule has 0 bridgehead atoms. The van der Waals surface area contributed by atoms with E-state index < -0.39 is 0 Å². The van der Waals surface area contributed by atoms with Crippen molar-refractivity contribution in [3.8, 4) is 0 Å². The predicted molar refractivity (Wildman–Crippen MR) is 147 cm³/mol. The van der Waals surface area contributed by atoms with E-state index >= 15 is 0 Å². The van der Waals surface area contributed by atoms with Crippen molar-refractivity contribution in [3.63, 3.8) is 0 Å². The van der Waals surface area contributed by atoms with Crippen molar-refractivity contribution in [2.45, 2.75) is 26.1 Å². The Morgan fingerprint density at radius 1 is 1.00 bits per heavy atom. The van der Waals surface area contributed by atoms with Crippen molar-refractivity contribution in [1.29, 1.82) is 0 Å². The third-order valence-corrected chi connectivity index (χ3v) is 7.33. The first kappa shape index (κ1) is 24.6. The van der Waals surface area contributed by atoms with E-state index in [2.05, 4.69) is 27.5 Å². The smallest absolute Gasteiger partial charge is 0.224 e. The second-order valence-electron chi connectivity index (χ2n) is 9.79. The van der Waals surface area contributed by atoms with E-state index in [1.807, 2.05) is 33.4 Å². The summed E-state index contributed by atoms with van der Waals surface area (Å²) in [6.07, 6.45) is 9.35. The lowest BCUT2D eigenvalue weighted by Gasteiger charge is -2.26. The number of rotatable bonds is 8. The SMILES string of the molecule is O=C(Cc1cn2cc(Cn3ccnc3)c3cc(CN4CCOCC4)cc(c1=O)c32)NCc1ccc(Cl)cc1. The molecule has 9 heteroatoms. The predicted octanol–water partition coefficient (Wildman–Crippen LogP) is 3.48. The van der Waals surface area contributed by atoms with E-state index in [-0.39, 0.29) is 17.8 Å². The van der Waals surface area contributed by atoms with E-state index in [1.165, 1.54) is 0 Å². The number of aromatic nitrogens is 3. The van der Waals surface area contributed by atoms with Gasteiger partial charge in [0, 0.05) is 72.3 Å². The summed E-state index contributed by atoms with van der Waals surface area (Å²) < 4.78 is 9.52. The zero-order valence-corrected chi connectivity index (χ0v) is 21.7. The zero-order valence-electron chi connectivity index (χ0n) is 20.9. The second kappa shape index (κ2) is 10.6. The maximum Gasteiger partial charge on any atom is 0.224 e. The largest absolute Gasteiger partial charge is 0.379 e. The van der Waals surface area contributed by atoms with Crippen molar-refractivity contribution >= 4 is 33.8 Å². The highest BCUT2D eigenvalue weighted by molar-refractivity contribution is 6.30. The lowest BCUT2D eigenvalue weighted by Crippen LogP contribution is -2.35. The molecule has 1 aliphatic rings. The fourth-order valence-corrected chi connectivity index (χ4v) is 5.30. The minimum atomic E-state index is -0.200. The molecule has 1 N–H and O–H groups in total. The van der Waals surface area contributed by atoms with Crippen molar-refractivity contribution in [1.82, 2.24) is 24.2 Å². The van der Waals surface area contributed by atoms with Gasteiger partial charge in [-0.15, -0.1) is 0 Å². The Morgan fingerprint density at radius 3 is 2.53 bits per heavy atom. The number of ether oxygens (including phenoxy) is 1. The summed E-state index contributed by atoms with van der Waals surface area (Å²) in [5, 5.41) is 5.27. The normalized spacial score (nSPS) is 14.4. The molecule has 6 rings (SSSR count). The number of nitrogens with zero attached hydrogens (tertiary/aromatic N) is 4. The Hall–Kier alpha value is -3.72. The summed E-state index contributed by atoms with van der Waals surface area (Å²) in [4.78, 5) is 33.0. The van der Waals surface area contributed by atoms with Crippen LogP contribution in [0.2, 0.25) is 5.02 Å². The molecule has 38 heavy (non-hydrogen) atoms. The molecule has 2 aromatic carbocycles. The van der Waals surface area contributed by atoms with Gasteiger partial charge in [-0.05, 0) is 41.0 Å². The molecule has 194 valence electrons. The van der Waals surface area contributed by atoms with Crippen LogP contribution in [-0.4, -0.2) is 51.1 Å². The second-order valence-corrected chi connectivity index (χ2v) is 10.2. The van der Waals surface area contributed by atoms with E-state index in [0.29, 0.717) is 42.3 Å². The Balaban J connectivity index is 1.34. The van der Waals surface area contributed by atoms with Gasteiger partial charge in [-0.2, -0.15) is 0 Å². The monoisotopic (exact) mass is 529 g/mol. The van der Waals surface area contributed by atoms with Gasteiger partial charge in [0.15, 0.2) is 5.43 Å². The molecule has 0 aliphatic carbocycles. The van der Waals surface area contributed by atoms with Gasteiger partial charge in [0.25, 0.3) is 0 Å².